The molecule has 0 saturated carbocycles. The van der Waals surface area contributed by atoms with Gasteiger partial charge in [-0.2, -0.15) is 40.2 Å². The summed E-state index contributed by atoms with van der Waals surface area (Å²) in [6.07, 6.45) is -13.7. The summed E-state index contributed by atoms with van der Waals surface area (Å²) in [6.45, 7) is -0.220. The quantitative estimate of drug-likeness (QED) is 0.0331. The summed E-state index contributed by atoms with van der Waals surface area (Å²) >= 11 is 0. The number of nitrogens with zero attached hydrogens (tertiary/aromatic N) is 7. The number of amides is 4. The van der Waals surface area contributed by atoms with Gasteiger partial charge in [-0.05, 0) is 95.0 Å². The van der Waals surface area contributed by atoms with Crippen LogP contribution in [-0.4, -0.2) is 159 Å². The van der Waals surface area contributed by atoms with Gasteiger partial charge in [-0.25, -0.2) is 38.0 Å². The van der Waals surface area contributed by atoms with Gasteiger partial charge in [0.2, 0.25) is 5.91 Å². The second kappa shape index (κ2) is 23.8. The van der Waals surface area contributed by atoms with Crippen molar-refractivity contribution >= 4 is 40.9 Å². The number of halogens is 10. The molecule has 4 amide bonds. The van der Waals surface area contributed by atoms with Gasteiger partial charge >= 0.3 is 31.1 Å². The lowest BCUT2D eigenvalue weighted by Gasteiger charge is -2.48. The van der Waals surface area contributed by atoms with Crippen LogP contribution in [0.4, 0.5) is 59.3 Å². The SMILES string of the molecule is COC(=O)N[C@H](C(=O)N[C@@H](Cc1ccc(-c2ccc3nc(N4CC5CCC(C4)N5C4COC4)ccc3n2)cc1)[C@@H](O)CN(Cc1c(F)cc(-c2ccn(C(F)F)n2)cc1F)NC(=O)[C@@H](NC(=O)O)C(C)(C)C(F)(F)F)C(C)(C)C(F)(F)F. The number of aliphatic hydroxyl groups excluding tert-OH is 1. The highest BCUT2D eigenvalue weighted by molar-refractivity contribution is 5.87. The van der Waals surface area contributed by atoms with Crippen molar-refractivity contribution in [1.82, 2.24) is 51.0 Å². The first kappa shape index (κ1) is 60.7. The van der Waals surface area contributed by atoms with Gasteiger partial charge in [-0.1, -0.05) is 24.3 Å². The molecule has 3 aliphatic heterocycles. The molecule has 3 saturated heterocycles. The van der Waals surface area contributed by atoms with Crippen molar-refractivity contribution in [3.05, 3.63) is 95.7 Å². The van der Waals surface area contributed by atoms with Gasteiger partial charge in [-0.15, -0.1) is 0 Å². The Bertz CT molecular complexity index is 3110. The van der Waals surface area contributed by atoms with Crippen LogP contribution in [-0.2, 0) is 32.0 Å². The van der Waals surface area contributed by atoms with Crippen LogP contribution in [0.1, 0.15) is 58.2 Å². The molecule has 29 heteroatoms. The Morgan fingerprint density at radius 1 is 0.756 bits per heavy atom. The molecule has 6 heterocycles. The molecule has 19 nitrogen and oxygen atoms in total. The third-order valence-electron chi connectivity index (χ3n) is 15.3. The summed E-state index contributed by atoms with van der Waals surface area (Å²) < 4.78 is 156. The number of carbonyl (C=O) groups excluding carboxylic acids is 3. The topological polar surface area (TPSA) is 229 Å². The molecule has 0 spiro atoms. The van der Waals surface area contributed by atoms with Crippen LogP contribution in [0, 0.1) is 22.5 Å². The van der Waals surface area contributed by atoms with E-state index >= 15 is 8.78 Å². The van der Waals surface area contributed by atoms with E-state index in [1.807, 2.05) is 22.9 Å². The number of aromatic nitrogens is 4. The number of anilines is 1. The van der Waals surface area contributed by atoms with Gasteiger partial charge in [0.15, 0.2) is 0 Å². The predicted molar refractivity (Wildman–Crippen MR) is 273 cm³/mol. The number of alkyl halides is 8. The van der Waals surface area contributed by atoms with Crippen LogP contribution in [0.2, 0.25) is 0 Å². The van der Waals surface area contributed by atoms with Crippen LogP contribution in [0.15, 0.2) is 72.9 Å². The van der Waals surface area contributed by atoms with Crippen LogP contribution >= 0.6 is 0 Å². The molecule has 3 aliphatic rings. The van der Waals surface area contributed by atoms with E-state index < -0.39 is 115 Å². The zero-order valence-corrected chi connectivity index (χ0v) is 44.7. The Labute approximate surface area is 462 Å². The second-order valence-corrected chi connectivity index (χ2v) is 21.5. The number of pyridine rings is 2. The van der Waals surface area contributed by atoms with Crippen molar-refractivity contribution in [2.75, 3.05) is 44.9 Å². The molecular formula is C53H59F10N11O8. The number of hydrogen-bond acceptors (Lipinski definition) is 13. The number of hydrogen-bond donors (Lipinski definition) is 6. The Morgan fingerprint density at radius 2 is 1.34 bits per heavy atom. The van der Waals surface area contributed by atoms with Crippen molar-refractivity contribution in [1.29, 1.82) is 0 Å². The highest BCUT2D eigenvalue weighted by atomic mass is 19.4. The molecule has 6 atom stereocenters. The zero-order valence-electron chi connectivity index (χ0n) is 44.7. The number of hydrazine groups is 1. The van der Waals surface area contributed by atoms with E-state index in [0.717, 1.165) is 64.3 Å². The molecule has 82 heavy (non-hydrogen) atoms. The first-order valence-electron chi connectivity index (χ1n) is 25.8. The fourth-order valence-electron chi connectivity index (χ4n) is 10.3. The number of carbonyl (C=O) groups is 4. The lowest BCUT2D eigenvalue weighted by molar-refractivity contribution is -0.221. The third kappa shape index (κ3) is 13.1. The van der Waals surface area contributed by atoms with Gasteiger partial charge in [0.05, 0.1) is 71.8 Å². The largest absolute Gasteiger partial charge is 0.465 e. The minimum atomic E-state index is -5.29. The van der Waals surface area contributed by atoms with Crippen LogP contribution < -0.4 is 26.3 Å². The first-order chi connectivity index (χ1) is 38.4. The maximum Gasteiger partial charge on any atom is 0.407 e. The zero-order chi connectivity index (χ0) is 59.8. The number of methoxy groups -OCH3 is 1. The van der Waals surface area contributed by atoms with E-state index in [0.29, 0.717) is 85.3 Å². The molecule has 2 bridgehead atoms. The van der Waals surface area contributed by atoms with Crippen LogP contribution in [0.5, 0.6) is 0 Å². The minimum absolute atomic E-state index is 0.190. The molecule has 6 N–H and O–H groups in total. The number of carboxylic acid groups (broad SMARTS) is 1. The van der Waals surface area contributed by atoms with Gasteiger partial charge in [0.25, 0.3) is 5.91 Å². The fourth-order valence-corrected chi connectivity index (χ4v) is 10.3. The van der Waals surface area contributed by atoms with E-state index in [1.54, 1.807) is 24.3 Å². The average molecular weight is 1170 g/mol. The van der Waals surface area contributed by atoms with Crippen molar-refractivity contribution in [3.63, 3.8) is 0 Å². The summed E-state index contributed by atoms with van der Waals surface area (Å²) in [4.78, 5) is 66.9. The van der Waals surface area contributed by atoms with E-state index in [4.69, 9.17) is 14.7 Å². The molecule has 2 unspecified atom stereocenters. The Kier molecular flexibility index (Phi) is 17.7. The molecule has 2 aromatic carbocycles. The highest BCUT2D eigenvalue weighted by Gasteiger charge is 2.57. The van der Waals surface area contributed by atoms with Crippen molar-refractivity contribution in [2.45, 2.75) is 115 Å². The maximum absolute atomic E-state index is 16.0. The van der Waals surface area contributed by atoms with Crippen molar-refractivity contribution in [2.24, 2.45) is 10.8 Å². The number of fused-ring (bicyclic) bond motifs is 3. The van der Waals surface area contributed by atoms with Gasteiger partial charge in [0, 0.05) is 61.1 Å². The van der Waals surface area contributed by atoms with Gasteiger partial charge in [0.1, 0.15) is 29.5 Å². The summed E-state index contributed by atoms with van der Waals surface area (Å²) in [7, 11) is 0.815. The summed E-state index contributed by atoms with van der Waals surface area (Å²) in [6, 6.07) is 10.1. The number of nitrogens with one attached hydrogen (secondary N) is 4. The molecular weight excluding hydrogens is 1110 g/mol. The van der Waals surface area contributed by atoms with Crippen molar-refractivity contribution in [3.8, 4) is 22.5 Å². The number of benzene rings is 2. The van der Waals surface area contributed by atoms with E-state index in [-0.39, 0.29) is 21.5 Å². The predicted octanol–water partition coefficient (Wildman–Crippen LogP) is 7.34. The lowest BCUT2D eigenvalue weighted by Crippen LogP contribution is -2.63. The first-order valence-corrected chi connectivity index (χ1v) is 25.8. The Hall–Kier alpha value is -7.37. The summed E-state index contributed by atoms with van der Waals surface area (Å²) in [5, 5.41) is 31.3. The summed E-state index contributed by atoms with van der Waals surface area (Å²) in [5.41, 5.74) is -3.43. The number of aliphatic hydroxyl groups is 1. The molecule has 3 fully saturated rings. The molecule has 444 valence electrons. The monoisotopic (exact) mass is 1170 g/mol. The Morgan fingerprint density at radius 3 is 1.88 bits per heavy atom. The second-order valence-electron chi connectivity index (χ2n) is 21.5. The lowest BCUT2D eigenvalue weighted by atomic mass is 9.82. The van der Waals surface area contributed by atoms with E-state index in [9.17, 15) is 64.5 Å². The van der Waals surface area contributed by atoms with Crippen LogP contribution in [0.3, 0.4) is 0 Å². The van der Waals surface area contributed by atoms with E-state index in [1.165, 1.54) is 17.4 Å². The highest BCUT2D eigenvalue weighted by Crippen LogP contribution is 2.42. The molecule has 8 rings (SSSR count). The number of piperazine rings is 1. The van der Waals surface area contributed by atoms with Crippen molar-refractivity contribution < 1.29 is 82.8 Å². The number of rotatable bonds is 20. The van der Waals surface area contributed by atoms with E-state index in [2.05, 4.69) is 25.0 Å². The Balaban J connectivity index is 1.10. The molecule has 0 aliphatic carbocycles. The van der Waals surface area contributed by atoms with Crippen LogP contribution in [0.25, 0.3) is 33.5 Å². The molecule has 0 radical (unpaired) electrons. The smallest absolute Gasteiger partial charge is 0.407 e. The maximum atomic E-state index is 16.0. The molecule has 5 aromatic rings. The summed E-state index contributed by atoms with van der Waals surface area (Å²) in [5.74, 6) is -5.41. The fraction of sp³-hybridized carbons (Fsp3) is 0.491. The minimum Gasteiger partial charge on any atom is -0.465 e. The van der Waals surface area contributed by atoms with Gasteiger partial charge < -0.3 is 40.5 Å². The number of ether oxygens (including phenoxy) is 2. The average Bonchev–Trinajstić information content (AvgIpc) is 3.31. The normalized spacial score (nSPS) is 18.7. The standard InChI is InChI=1S/C53H59F10N11O8/c1-50(2,52(58,59)60)43(68-49(80)81-5)45(76)66-40(18-27-6-8-28(9-7-27)36-12-13-39-38(64-36)14-15-42(65-39)71-21-30-10-11-31(22-71)74(30)32-25-82-26-32)41(75)24-72(70-46(77)44(67-48(78)79)51(3,4)53(61,62)63)23-33-34(54)19-29(20-35(33)55)37-16-17-73(69-37)47(56)57/h6-9,12-17,19-20,30-32,40-41,43-44,47,67,75H,10-11,18,21-26H2,1-5H3,(H,66,76)(H,68,80)(H,70,77)(H,78,79)/t30?,31?,40-,41-,43+,44+/m0/s1. The molecule has 3 aromatic heterocycles. The number of alkyl carbamates (subject to hydrolysis) is 1. The van der Waals surface area contributed by atoms with Gasteiger partial charge in [-0.3, -0.25) is 19.9 Å². The third-order valence-corrected chi connectivity index (χ3v) is 15.3.